The Kier molecular flexibility index (Phi) is 2.38. The van der Waals surface area contributed by atoms with Gasteiger partial charge in [0.25, 0.3) is 0 Å². The van der Waals surface area contributed by atoms with Gasteiger partial charge in [0, 0.05) is 6.07 Å². The number of imidazole rings is 1. The number of rotatable bonds is 1. The predicted molar refractivity (Wildman–Crippen MR) is 64.8 cm³/mol. The van der Waals surface area contributed by atoms with Crippen molar-refractivity contribution in [3.05, 3.63) is 42.0 Å². The van der Waals surface area contributed by atoms with Crippen LogP contribution in [0, 0.1) is 11.6 Å². The molecule has 3 aromatic rings. The second-order valence-corrected chi connectivity index (χ2v) is 4.07. The number of aromatic hydroxyl groups is 2. The van der Waals surface area contributed by atoms with Crippen LogP contribution < -0.4 is 0 Å². The van der Waals surface area contributed by atoms with E-state index < -0.39 is 11.6 Å². The lowest BCUT2D eigenvalue weighted by atomic mass is 10.2. The van der Waals surface area contributed by atoms with Crippen LogP contribution in [-0.4, -0.2) is 20.2 Å². The fourth-order valence-corrected chi connectivity index (χ4v) is 1.88. The number of benzene rings is 2. The summed E-state index contributed by atoms with van der Waals surface area (Å²) in [6.45, 7) is 0. The molecule has 4 nitrogen and oxygen atoms in total. The number of fused-ring (bicyclic) bond motifs is 1. The van der Waals surface area contributed by atoms with E-state index in [1.165, 1.54) is 18.2 Å². The maximum absolute atomic E-state index is 13.5. The number of nitrogens with one attached hydrogen (secondary N) is 1. The number of H-pyrrole nitrogens is 1. The van der Waals surface area contributed by atoms with Crippen molar-refractivity contribution in [2.75, 3.05) is 0 Å². The van der Waals surface area contributed by atoms with Crippen LogP contribution in [0.5, 0.6) is 11.5 Å². The molecule has 0 bridgehead atoms. The monoisotopic (exact) mass is 262 g/mol. The number of aromatic amines is 1. The molecule has 0 radical (unpaired) electrons. The van der Waals surface area contributed by atoms with Crippen LogP contribution in [0.2, 0.25) is 0 Å². The molecule has 0 aliphatic heterocycles. The van der Waals surface area contributed by atoms with Crippen molar-refractivity contribution >= 4 is 11.0 Å². The quantitative estimate of drug-likeness (QED) is 0.590. The minimum Gasteiger partial charge on any atom is -0.508 e. The summed E-state index contributed by atoms with van der Waals surface area (Å²) >= 11 is 0. The Morgan fingerprint density at radius 3 is 2.63 bits per heavy atom. The van der Waals surface area contributed by atoms with Crippen LogP contribution in [0.25, 0.3) is 22.4 Å². The molecule has 0 fully saturated rings. The normalized spacial score (nSPS) is 11.1. The van der Waals surface area contributed by atoms with Gasteiger partial charge in [0.2, 0.25) is 0 Å². The summed E-state index contributed by atoms with van der Waals surface area (Å²) in [5, 5.41) is 19.1. The highest BCUT2D eigenvalue weighted by Gasteiger charge is 2.14. The Labute approximate surface area is 106 Å². The van der Waals surface area contributed by atoms with Crippen molar-refractivity contribution in [1.29, 1.82) is 0 Å². The van der Waals surface area contributed by atoms with Crippen LogP contribution in [0.1, 0.15) is 0 Å². The number of hydrogen-bond donors (Lipinski definition) is 3. The first kappa shape index (κ1) is 11.5. The van der Waals surface area contributed by atoms with Gasteiger partial charge < -0.3 is 15.2 Å². The molecule has 96 valence electrons. The third kappa shape index (κ3) is 1.87. The zero-order valence-corrected chi connectivity index (χ0v) is 9.48. The van der Waals surface area contributed by atoms with Gasteiger partial charge >= 0.3 is 0 Å². The number of phenolic OH excluding ortho intramolecular Hbond substituents is 2. The molecule has 0 unspecified atom stereocenters. The fourth-order valence-electron chi connectivity index (χ4n) is 1.88. The Bertz CT molecular complexity index is 784. The van der Waals surface area contributed by atoms with Gasteiger partial charge in [-0.25, -0.2) is 13.8 Å². The summed E-state index contributed by atoms with van der Waals surface area (Å²) in [6.07, 6.45) is 0. The fraction of sp³-hybridized carbons (Fsp3) is 0. The van der Waals surface area contributed by atoms with E-state index in [-0.39, 0.29) is 33.9 Å². The second kappa shape index (κ2) is 3.94. The molecule has 0 spiro atoms. The molecule has 6 heteroatoms. The van der Waals surface area contributed by atoms with Gasteiger partial charge in [-0.2, -0.15) is 0 Å². The van der Waals surface area contributed by atoms with Gasteiger partial charge in [0.05, 0.1) is 11.1 Å². The summed E-state index contributed by atoms with van der Waals surface area (Å²) < 4.78 is 26.6. The third-order valence-corrected chi connectivity index (χ3v) is 2.74. The molecule has 0 aliphatic carbocycles. The summed E-state index contributed by atoms with van der Waals surface area (Å²) in [7, 11) is 0. The Balaban J connectivity index is 2.26. The third-order valence-electron chi connectivity index (χ3n) is 2.74. The van der Waals surface area contributed by atoms with E-state index in [9.17, 15) is 19.0 Å². The Morgan fingerprint density at radius 2 is 1.84 bits per heavy atom. The zero-order valence-electron chi connectivity index (χ0n) is 9.48. The lowest BCUT2D eigenvalue weighted by Gasteiger charge is -2.01. The van der Waals surface area contributed by atoms with E-state index in [1.54, 1.807) is 0 Å². The summed E-state index contributed by atoms with van der Waals surface area (Å²) in [4.78, 5) is 6.66. The Morgan fingerprint density at radius 1 is 1.05 bits per heavy atom. The van der Waals surface area contributed by atoms with E-state index in [0.717, 1.165) is 12.1 Å². The highest BCUT2D eigenvalue weighted by Crippen LogP contribution is 2.32. The van der Waals surface area contributed by atoms with E-state index in [4.69, 9.17) is 0 Å². The van der Waals surface area contributed by atoms with Gasteiger partial charge in [-0.1, -0.05) is 0 Å². The Hall–Kier alpha value is -2.63. The molecule has 3 rings (SSSR count). The first-order chi connectivity index (χ1) is 9.04. The number of phenols is 2. The molecular weight excluding hydrogens is 254 g/mol. The molecule has 0 amide bonds. The van der Waals surface area contributed by atoms with Gasteiger partial charge in [0.1, 0.15) is 28.7 Å². The molecule has 1 heterocycles. The lowest BCUT2D eigenvalue weighted by Crippen LogP contribution is -1.82. The summed E-state index contributed by atoms with van der Waals surface area (Å²) in [5.41, 5.74) is 0.352. The maximum Gasteiger partial charge on any atom is 0.153 e. The number of halogens is 2. The summed E-state index contributed by atoms with van der Waals surface area (Å²) in [5.74, 6) is -1.57. The number of aromatic nitrogens is 2. The van der Waals surface area contributed by atoms with Crippen molar-refractivity contribution in [2.45, 2.75) is 0 Å². The smallest absolute Gasteiger partial charge is 0.153 e. The van der Waals surface area contributed by atoms with Gasteiger partial charge in [0.15, 0.2) is 5.82 Å². The van der Waals surface area contributed by atoms with Crippen LogP contribution >= 0.6 is 0 Å². The van der Waals surface area contributed by atoms with E-state index >= 15 is 0 Å². The predicted octanol–water partition coefficient (Wildman–Crippen LogP) is 2.92. The average Bonchev–Trinajstić information content (AvgIpc) is 2.76. The SMILES string of the molecule is Oc1ccc(O)c(-c2nc3c(F)cc(F)cc3[nH]2)c1. The highest BCUT2D eigenvalue weighted by molar-refractivity contribution is 5.81. The first-order valence-electron chi connectivity index (χ1n) is 5.42. The van der Waals surface area contributed by atoms with Crippen LogP contribution in [0.3, 0.4) is 0 Å². The first-order valence-corrected chi connectivity index (χ1v) is 5.42. The van der Waals surface area contributed by atoms with Gasteiger partial charge in [-0.15, -0.1) is 0 Å². The van der Waals surface area contributed by atoms with E-state index in [2.05, 4.69) is 9.97 Å². The molecule has 0 atom stereocenters. The second-order valence-electron chi connectivity index (χ2n) is 4.07. The minimum atomic E-state index is -0.794. The van der Waals surface area contributed by atoms with Crippen LogP contribution in [-0.2, 0) is 0 Å². The molecule has 0 saturated heterocycles. The van der Waals surface area contributed by atoms with Crippen molar-refractivity contribution in [3.8, 4) is 22.9 Å². The standard InChI is InChI=1S/C13H8F2N2O2/c14-6-3-9(15)12-10(4-6)16-13(17-12)8-5-7(18)1-2-11(8)19/h1-5,18-19H,(H,16,17). The maximum atomic E-state index is 13.5. The summed E-state index contributed by atoms with van der Waals surface area (Å²) in [6, 6.07) is 5.71. The van der Waals surface area contributed by atoms with Gasteiger partial charge in [-0.05, 0) is 24.3 Å². The number of nitrogens with zero attached hydrogens (tertiary/aromatic N) is 1. The largest absolute Gasteiger partial charge is 0.508 e. The average molecular weight is 262 g/mol. The van der Waals surface area contributed by atoms with Gasteiger partial charge in [-0.3, -0.25) is 0 Å². The van der Waals surface area contributed by atoms with Crippen molar-refractivity contribution in [2.24, 2.45) is 0 Å². The van der Waals surface area contributed by atoms with Crippen LogP contribution in [0.4, 0.5) is 8.78 Å². The molecular formula is C13H8F2N2O2. The highest BCUT2D eigenvalue weighted by atomic mass is 19.1. The zero-order chi connectivity index (χ0) is 13.6. The molecule has 3 N–H and O–H groups in total. The number of hydrogen-bond acceptors (Lipinski definition) is 3. The molecule has 0 saturated carbocycles. The molecule has 2 aromatic carbocycles. The van der Waals surface area contributed by atoms with E-state index in [0.29, 0.717) is 0 Å². The molecule has 0 aliphatic rings. The van der Waals surface area contributed by atoms with E-state index in [1.807, 2.05) is 0 Å². The minimum absolute atomic E-state index is 0.0286. The topological polar surface area (TPSA) is 69.1 Å². The lowest BCUT2D eigenvalue weighted by molar-refractivity contribution is 0.461. The molecule has 1 aromatic heterocycles. The van der Waals surface area contributed by atoms with Crippen molar-refractivity contribution in [1.82, 2.24) is 9.97 Å². The molecule has 19 heavy (non-hydrogen) atoms. The van der Waals surface area contributed by atoms with Crippen molar-refractivity contribution in [3.63, 3.8) is 0 Å². The van der Waals surface area contributed by atoms with Crippen LogP contribution in [0.15, 0.2) is 30.3 Å². The van der Waals surface area contributed by atoms with Crippen molar-refractivity contribution < 1.29 is 19.0 Å².